The Hall–Kier alpha value is -1.59. The van der Waals surface area contributed by atoms with Crippen LogP contribution in [0.4, 0.5) is 17.5 Å². The van der Waals surface area contributed by atoms with Gasteiger partial charge < -0.3 is 10.2 Å². The Labute approximate surface area is 139 Å². The molecule has 1 aliphatic heterocycles. The highest BCUT2D eigenvalue weighted by molar-refractivity contribution is 6.36. The summed E-state index contributed by atoms with van der Waals surface area (Å²) in [6.45, 7) is 4.21. The zero-order valence-corrected chi connectivity index (χ0v) is 13.8. The second kappa shape index (κ2) is 6.67. The minimum absolute atomic E-state index is 0.541. The van der Waals surface area contributed by atoms with Crippen LogP contribution in [0.15, 0.2) is 24.4 Å². The maximum atomic E-state index is 6.16. The SMILES string of the molecule is CC1CCN(c2nncc(Nc3ccc(Cl)cc3Cl)n2)CC1. The average molecular weight is 338 g/mol. The summed E-state index contributed by atoms with van der Waals surface area (Å²) < 4.78 is 0. The van der Waals surface area contributed by atoms with Crippen LogP contribution in [0.5, 0.6) is 0 Å². The van der Waals surface area contributed by atoms with Gasteiger partial charge in [-0.2, -0.15) is 10.1 Å². The van der Waals surface area contributed by atoms with E-state index in [1.807, 2.05) is 6.07 Å². The Morgan fingerprint density at radius 1 is 1.23 bits per heavy atom. The molecule has 2 heterocycles. The largest absolute Gasteiger partial charge is 0.339 e. The second-order valence-corrected chi connectivity index (χ2v) is 6.40. The van der Waals surface area contributed by atoms with Gasteiger partial charge in [-0.3, -0.25) is 0 Å². The first kappa shape index (κ1) is 15.3. The molecule has 0 radical (unpaired) electrons. The first-order valence-electron chi connectivity index (χ1n) is 7.28. The first-order valence-corrected chi connectivity index (χ1v) is 8.04. The Bertz CT molecular complexity index is 656. The van der Waals surface area contributed by atoms with Crippen LogP contribution in [-0.4, -0.2) is 28.3 Å². The van der Waals surface area contributed by atoms with Gasteiger partial charge in [0.2, 0.25) is 5.95 Å². The van der Waals surface area contributed by atoms with Crippen LogP contribution >= 0.6 is 23.2 Å². The van der Waals surface area contributed by atoms with E-state index in [0.717, 1.165) is 37.5 Å². The molecule has 1 aromatic carbocycles. The number of hydrogen-bond donors (Lipinski definition) is 1. The molecule has 2 aromatic rings. The molecule has 116 valence electrons. The van der Waals surface area contributed by atoms with Crippen molar-refractivity contribution in [2.75, 3.05) is 23.3 Å². The molecule has 0 spiro atoms. The van der Waals surface area contributed by atoms with Crippen LogP contribution < -0.4 is 10.2 Å². The van der Waals surface area contributed by atoms with Gasteiger partial charge in [-0.15, -0.1) is 5.10 Å². The van der Waals surface area contributed by atoms with Crippen molar-refractivity contribution in [2.45, 2.75) is 19.8 Å². The van der Waals surface area contributed by atoms with E-state index in [1.54, 1.807) is 18.3 Å². The molecular formula is C15H17Cl2N5. The Balaban J connectivity index is 1.76. The number of anilines is 3. The summed E-state index contributed by atoms with van der Waals surface area (Å²) in [5.41, 5.74) is 0.741. The van der Waals surface area contributed by atoms with Gasteiger partial charge >= 0.3 is 0 Å². The third-order valence-corrected chi connectivity index (χ3v) is 4.36. The highest BCUT2D eigenvalue weighted by atomic mass is 35.5. The number of halogens is 2. The third-order valence-electron chi connectivity index (χ3n) is 3.81. The molecule has 1 N–H and O–H groups in total. The molecule has 0 aliphatic carbocycles. The lowest BCUT2D eigenvalue weighted by Crippen LogP contribution is -2.34. The molecule has 0 bridgehead atoms. The lowest BCUT2D eigenvalue weighted by molar-refractivity contribution is 0.433. The Kier molecular flexibility index (Phi) is 4.64. The highest BCUT2D eigenvalue weighted by Crippen LogP contribution is 2.28. The monoisotopic (exact) mass is 337 g/mol. The Morgan fingerprint density at radius 3 is 2.73 bits per heavy atom. The van der Waals surface area contributed by atoms with E-state index in [1.165, 1.54) is 0 Å². The van der Waals surface area contributed by atoms with Crippen molar-refractivity contribution in [1.82, 2.24) is 15.2 Å². The van der Waals surface area contributed by atoms with E-state index >= 15 is 0 Å². The fourth-order valence-corrected chi connectivity index (χ4v) is 2.88. The average Bonchev–Trinajstić information content (AvgIpc) is 2.51. The highest BCUT2D eigenvalue weighted by Gasteiger charge is 2.18. The van der Waals surface area contributed by atoms with Crippen LogP contribution in [-0.2, 0) is 0 Å². The number of hydrogen-bond acceptors (Lipinski definition) is 5. The molecule has 5 nitrogen and oxygen atoms in total. The summed E-state index contributed by atoms with van der Waals surface area (Å²) in [5, 5.41) is 12.5. The number of nitrogens with one attached hydrogen (secondary N) is 1. The standard InChI is InChI=1S/C15H17Cl2N5/c1-10-4-6-22(7-5-10)15-20-14(9-18-21-15)19-13-3-2-11(16)8-12(13)17/h2-3,8-10H,4-7H2,1H3,(H,19,20,21). The topological polar surface area (TPSA) is 53.9 Å². The van der Waals surface area contributed by atoms with Crippen LogP contribution in [0, 0.1) is 5.92 Å². The van der Waals surface area contributed by atoms with Gasteiger partial charge in [0.15, 0.2) is 5.82 Å². The maximum absolute atomic E-state index is 6.16. The zero-order valence-electron chi connectivity index (χ0n) is 12.3. The maximum Gasteiger partial charge on any atom is 0.247 e. The minimum Gasteiger partial charge on any atom is -0.339 e. The zero-order chi connectivity index (χ0) is 15.5. The number of aromatic nitrogens is 3. The Morgan fingerprint density at radius 2 is 2.00 bits per heavy atom. The molecule has 0 amide bonds. The van der Waals surface area contributed by atoms with Crippen molar-refractivity contribution < 1.29 is 0 Å². The number of rotatable bonds is 3. The van der Waals surface area contributed by atoms with Gasteiger partial charge in [0.05, 0.1) is 16.9 Å². The van der Waals surface area contributed by atoms with Gasteiger partial charge in [0.25, 0.3) is 0 Å². The van der Waals surface area contributed by atoms with Crippen molar-refractivity contribution >= 4 is 40.7 Å². The summed E-state index contributed by atoms with van der Waals surface area (Å²) in [6.07, 6.45) is 3.90. The van der Waals surface area contributed by atoms with E-state index in [-0.39, 0.29) is 0 Å². The van der Waals surface area contributed by atoms with E-state index in [4.69, 9.17) is 23.2 Å². The molecule has 7 heteroatoms. The van der Waals surface area contributed by atoms with E-state index in [0.29, 0.717) is 21.8 Å². The molecule has 0 unspecified atom stereocenters. The van der Waals surface area contributed by atoms with Crippen LogP contribution in [0.2, 0.25) is 10.0 Å². The number of benzene rings is 1. The van der Waals surface area contributed by atoms with Crippen LogP contribution in [0.3, 0.4) is 0 Å². The smallest absolute Gasteiger partial charge is 0.247 e. The first-order chi connectivity index (χ1) is 10.6. The van der Waals surface area contributed by atoms with E-state index in [9.17, 15) is 0 Å². The molecular weight excluding hydrogens is 321 g/mol. The van der Waals surface area contributed by atoms with Crippen molar-refractivity contribution in [3.05, 3.63) is 34.4 Å². The summed E-state index contributed by atoms with van der Waals surface area (Å²) in [5.74, 6) is 2.04. The second-order valence-electron chi connectivity index (χ2n) is 5.56. The lowest BCUT2D eigenvalue weighted by Gasteiger charge is -2.29. The quantitative estimate of drug-likeness (QED) is 0.911. The molecule has 3 rings (SSSR count). The van der Waals surface area contributed by atoms with Crippen molar-refractivity contribution in [1.29, 1.82) is 0 Å². The fourth-order valence-electron chi connectivity index (χ4n) is 2.43. The van der Waals surface area contributed by atoms with Crippen LogP contribution in [0.25, 0.3) is 0 Å². The van der Waals surface area contributed by atoms with Crippen LogP contribution in [0.1, 0.15) is 19.8 Å². The lowest BCUT2D eigenvalue weighted by atomic mass is 10.00. The van der Waals surface area contributed by atoms with Gasteiger partial charge in [-0.25, -0.2) is 0 Å². The van der Waals surface area contributed by atoms with Gasteiger partial charge in [-0.05, 0) is 37.0 Å². The predicted octanol–water partition coefficient (Wildman–Crippen LogP) is 4.16. The van der Waals surface area contributed by atoms with E-state index in [2.05, 4.69) is 32.3 Å². The normalized spacial score (nSPS) is 15.9. The molecule has 1 saturated heterocycles. The van der Waals surface area contributed by atoms with Gasteiger partial charge in [0, 0.05) is 18.1 Å². The number of piperidine rings is 1. The summed E-state index contributed by atoms with van der Waals surface area (Å²) in [7, 11) is 0. The van der Waals surface area contributed by atoms with Gasteiger partial charge in [0.1, 0.15) is 0 Å². The third kappa shape index (κ3) is 3.59. The molecule has 22 heavy (non-hydrogen) atoms. The van der Waals surface area contributed by atoms with E-state index < -0.39 is 0 Å². The minimum atomic E-state index is 0.541. The summed E-state index contributed by atoms with van der Waals surface area (Å²) in [6, 6.07) is 5.28. The number of nitrogens with zero attached hydrogens (tertiary/aromatic N) is 4. The van der Waals surface area contributed by atoms with Gasteiger partial charge in [-0.1, -0.05) is 30.1 Å². The van der Waals surface area contributed by atoms with Crippen molar-refractivity contribution in [2.24, 2.45) is 5.92 Å². The molecule has 0 atom stereocenters. The predicted molar refractivity (Wildman–Crippen MR) is 90.2 cm³/mol. The molecule has 1 aliphatic rings. The van der Waals surface area contributed by atoms with Crippen molar-refractivity contribution in [3.63, 3.8) is 0 Å². The molecule has 0 saturated carbocycles. The summed E-state index contributed by atoms with van der Waals surface area (Å²) in [4.78, 5) is 6.70. The van der Waals surface area contributed by atoms with Crippen molar-refractivity contribution in [3.8, 4) is 0 Å². The fraction of sp³-hybridized carbons (Fsp3) is 0.400. The molecule has 1 fully saturated rings. The summed E-state index contributed by atoms with van der Waals surface area (Å²) >= 11 is 12.1. The molecule has 1 aromatic heterocycles.